The lowest BCUT2D eigenvalue weighted by molar-refractivity contribution is 0.0993. The van der Waals surface area contributed by atoms with E-state index in [1.165, 1.54) is 17.6 Å². The van der Waals surface area contributed by atoms with Crippen molar-refractivity contribution >= 4 is 22.4 Å². The number of amides is 1. The molecule has 0 saturated carbocycles. The van der Waals surface area contributed by atoms with E-state index in [0.717, 1.165) is 17.0 Å². The molecular formula is C22H16N2O5S. The number of carbonyl (C=O) groups excluding carboxylic acids is 1. The third-order valence-corrected chi connectivity index (χ3v) is 5.24. The van der Waals surface area contributed by atoms with E-state index in [4.69, 9.17) is 18.6 Å². The Labute approximate surface area is 175 Å². The van der Waals surface area contributed by atoms with Gasteiger partial charge in [-0.15, -0.1) is 11.3 Å². The maximum Gasteiger partial charge on any atom is 0.293 e. The molecule has 150 valence electrons. The number of nitrogens with one attached hydrogen (secondary N) is 1. The molecule has 0 unspecified atom stereocenters. The second-order valence-electron chi connectivity index (χ2n) is 6.44. The van der Waals surface area contributed by atoms with Gasteiger partial charge in [0, 0.05) is 16.5 Å². The number of nitrogens with zero attached hydrogens (tertiary/aromatic N) is 1. The molecule has 0 bridgehead atoms. The molecule has 0 radical (unpaired) electrons. The molecule has 3 heterocycles. The molecule has 1 aliphatic heterocycles. The van der Waals surface area contributed by atoms with Crippen LogP contribution in [0.2, 0.25) is 0 Å². The highest BCUT2D eigenvalue weighted by Crippen LogP contribution is 2.36. The monoisotopic (exact) mass is 420 g/mol. The lowest BCUT2D eigenvalue weighted by atomic mass is 10.1. The fourth-order valence-electron chi connectivity index (χ4n) is 3.00. The predicted molar refractivity (Wildman–Crippen MR) is 111 cm³/mol. The smallest absolute Gasteiger partial charge is 0.293 e. The van der Waals surface area contributed by atoms with Gasteiger partial charge in [0.25, 0.3) is 5.91 Å². The summed E-state index contributed by atoms with van der Waals surface area (Å²) in [5, 5.41) is 5.13. The number of thiazole rings is 1. The first-order chi connectivity index (χ1) is 14.8. The van der Waals surface area contributed by atoms with Crippen molar-refractivity contribution in [3.63, 3.8) is 0 Å². The van der Waals surface area contributed by atoms with Gasteiger partial charge in [-0.25, -0.2) is 4.98 Å². The Bertz CT molecular complexity index is 1190. The van der Waals surface area contributed by atoms with Crippen molar-refractivity contribution in [3.05, 3.63) is 77.6 Å². The highest BCUT2D eigenvalue weighted by molar-refractivity contribution is 7.14. The lowest BCUT2D eigenvalue weighted by Gasteiger charge is -2.06. The molecular weight excluding hydrogens is 404 g/mol. The number of anilines is 1. The van der Waals surface area contributed by atoms with Crippen LogP contribution < -0.4 is 19.5 Å². The van der Waals surface area contributed by atoms with Crippen molar-refractivity contribution in [3.8, 4) is 28.5 Å². The van der Waals surface area contributed by atoms with Gasteiger partial charge in [-0.05, 0) is 36.4 Å². The first-order valence-electron chi connectivity index (χ1n) is 9.17. The summed E-state index contributed by atoms with van der Waals surface area (Å²) in [6.07, 6.45) is 1.47. The zero-order valence-corrected chi connectivity index (χ0v) is 16.5. The van der Waals surface area contributed by atoms with Crippen LogP contribution in [0.3, 0.4) is 0 Å². The maximum atomic E-state index is 12.7. The molecule has 2 aromatic heterocycles. The van der Waals surface area contributed by atoms with Crippen LogP contribution in [0.5, 0.6) is 17.2 Å². The molecule has 30 heavy (non-hydrogen) atoms. The number of rotatable bonds is 6. The van der Waals surface area contributed by atoms with Gasteiger partial charge in [-0.1, -0.05) is 18.2 Å². The lowest BCUT2D eigenvalue weighted by Crippen LogP contribution is -2.13. The molecule has 1 aliphatic rings. The molecule has 2 aromatic carbocycles. The summed E-state index contributed by atoms with van der Waals surface area (Å²) in [7, 11) is 0. The van der Waals surface area contributed by atoms with Crippen LogP contribution in [0, 0.1) is 0 Å². The van der Waals surface area contributed by atoms with Gasteiger partial charge in [0.2, 0.25) is 6.79 Å². The van der Waals surface area contributed by atoms with Gasteiger partial charge in [-0.2, -0.15) is 0 Å². The fraction of sp³-hybridized carbons (Fsp3) is 0.0909. The van der Waals surface area contributed by atoms with Crippen molar-refractivity contribution in [2.45, 2.75) is 6.61 Å². The molecule has 4 aromatic rings. The van der Waals surface area contributed by atoms with E-state index < -0.39 is 0 Å². The number of fused-ring (bicyclic) bond motifs is 1. The minimum absolute atomic E-state index is 0.200. The third kappa shape index (κ3) is 3.72. The molecule has 0 fully saturated rings. The summed E-state index contributed by atoms with van der Waals surface area (Å²) in [6, 6.07) is 16.7. The Morgan fingerprint density at radius 1 is 1.10 bits per heavy atom. The van der Waals surface area contributed by atoms with Crippen LogP contribution in [0.15, 0.2) is 70.7 Å². The van der Waals surface area contributed by atoms with E-state index in [1.807, 2.05) is 53.9 Å². The summed E-state index contributed by atoms with van der Waals surface area (Å²) in [6.45, 7) is 0.445. The van der Waals surface area contributed by atoms with Crippen molar-refractivity contribution in [2.75, 3.05) is 12.1 Å². The van der Waals surface area contributed by atoms with E-state index in [0.29, 0.717) is 22.2 Å². The first kappa shape index (κ1) is 18.3. The summed E-state index contributed by atoms with van der Waals surface area (Å²) in [5.41, 5.74) is 2.27. The quantitative estimate of drug-likeness (QED) is 0.475. The van der Waals surface area contributed by atoms with E-state index >= 15 is 0 Å². The van der Waals surface area contributed by atoms with Crippen molar-refractivity contribution < 1.29 is 23.4 Å². The van der Waals surface area contributed by atoms with Crippen LogP contribution in [0.1, 0.15) is 16.1 Å². The minimum atomic E-state index is -0.377. The zero-order chi connectivity index (χ0) is 20.3. The predicted octanol–water partition coefficient (Wildman–Crippen LogP) is 4.96. The summed E-state index contributed by atoms with van der Waals surface area (Å²) in [4.78, 5) is 17.2. The van der Waals surface area contributed by atoms with E-state index in [1.54, 1.807) is 6.07 Å². The van der Waals surface area contributed by atoms with E-state index in [9.17, 15) is 4.79 Å². The van der Waals surface area contributed by atoms with Crippen molar-refractivity contribution in [2.24, 2.45) is 0 Å². The number of para-hydroxylation sites is 1. The van der Waals surface area contributed by atoms with Crippen LogP contribution in [-0.2, 0) is 6.61 Å². The highest BCUT2D eigenvalue weighted by Gasteiger charge is 2.19. The zero-order valence-electron chi connectivity index (χ0n) is 15.7. The van der Waals surface area contributed by atoms with Crippen LogP contribution in [-0.4, -0.2) is 17.7 Å². The normalized spacial score (nSPS) is 12.0. The van der Waals surface area contributed by atoms with Gasteiger partial charge < -0.3 is 18.6 Å². The fourth-order valence-corrected chi connectivity index (χ4v) is 3.71. The maximum absolute atomic E-state index is 12.7. The highest BCUT2D eigenvalue weighted by atomic mass is 32.1. The van der Waals surface area contributed by atoms with Gasteiger partial charge in [0.05, 0.1) is 12.0 Å². The average molecular weight is 420 g/mol. The SMILES string of the molecule is O=C(Nc1nc(-c2ccc3c(c2)OCO3)cs1)c1occc1COc1ccccc1. The topological polar surface area (TPSA) is 82.8 Å². The molecule has 1 N–H and O–H groups in total. The second kappa shape index (κ2) is 7.92. The molecule has 7 nitrogen and oxygen atoms in total. The minimum Gasteiger partial charge on any atom is -0.489 e. The van der Waals surface area contributed by atoms with Gasteiger partial charge in [-0.3, -0.25) is 10.1 Å². The van der Waals surface area contributed by atoms with Gasteiger partial charge >= 0.3 is 0 Å². The molecule has 0 spiro atoms. The molecule has 0 aliphatic carbocycles. The van der Waals surface area contributed by atoms with E-state index in [2.05, 4.69) is 10.3 Å². The number of benzene rings is 2. The molecule has 5 rings (SSSR count). The Morgan fingerprint density at radius 2 is 1.97 bits per heavy atom. The second-order valence-corrected chi connectivity index (χ2v) is 7.29. The molecule has 1 amide bonds. The number of carbonyl (C=O) groups is 1. The standard InChI is InChI=1S/C22H16N2O5S/c25-21(20-15(8-9-26-20)11-27-16-4-2-1-3-5-16)24-22-23-17(12-30-22)14-6-7-18-19(10-14)29-13-28-18/h1-10,12H,11,13H2,(H,23,24,25). The summed E-state index contributed by atoms with van der Waals surface area (Å²) < 4.78 is 21.8. The third-order valence-electron chi connectivity index (χ3n) is 4.48. The van der Waals surface area contributed by atoms with Crippen LogP contribution in [0.4, 0.5) is 5.13 Å². The van der Waals surface area contributed by atoms with Gasteiger partial charge in [0.1, 0.15) is 12.4 Å². The Morgan fingerprint density at radius 3 is 2.87 bits per heavy atom. The Kier molecular flexibility index (Phi) is 4.82. The molecule has 0 atom stereocenters. The van der Waals surface area contributed by atoms with Crippen molar-refractivity contribution in [1.29, 1.82) is 0 Å². The van der Waals surface area contributed by atoms with Crippen molar-refractivity contribution in [1.82, 2.24) is 4.98 Å². The first-order valence-corrected chi connectivity index (χ1v) is 10.1. The Balaban J connectivity index is 1.27. The van der Waals surface area contributed by atoms with Crippen LogP contribution >= 0.6 is 11.3 Å². The number of aromatic nitrogens is 1. The number of furan rings is 1. The number of ether oxygens (including phenoxy) is 3. The average Bonchev–Trinajstić information content (AvgIpc) is 3.52. The Hall–Kier alpha value is -3.78. The molecule has 8 heteroatoms. The van der Waals surface area contributed by atoms with E-state index in [-0.39, 0.29) is 25.1 Å². The summed E-state index contributed by atoms with van der Waals surface area (Å²) >= 11 is 1.33. The number of hydrogen-bond donors (Lipinski definition) is 1. The summed E-state index contributed by atoms with van der Waals surface area (Å²) in [5.74, 6) is 1.94. The molecule has 0 saturated heterocycles. The largest absolute Gasteiger partial charge is 0.489 e. The van der Waals surface area contributed by atoms with Gasteiger partial charge in [0.15, 0.2) is 22.4 Å². The number of hydrogen-bond acceptors (Lipinski definition) is 7. The van der Waals surface area contributed by atoms with Crippen LogP contribution in [0.25, 0.3) is 11.3 Å².